The molecule has 0 radical (unpaired) electrons. The Kier molecular flexibility index (Phi) is 14.1. The Morgan fingerprint density at radius 2 is 1.25 bits per heavy atom. The normalized spacial score (nSPS) is 18.9. The number of carboxylic acid groups (broad SMARTS) is 1. The summed E-state index contributed by atoms with van der Waals surface area (Å²) in [5.74, 6) is 0. The number of rotatable bonds is 18. The maximum Gasteiger partial charge on any atom is 0.263 e. The highest BCUT2D eigenvalue weighted by Gasteiger charge is 2.33. The van der Waals surface area contributed by atoms with Gasteiger partial charge in [-0.1, -0.05) is 97.3 Å². The molecule has 1 heterocycles. The van der Waals surface area contributed by atoms with E-state index in [0.717, 1.165) is 25.8 Å². The van der Waals surface area contributed by atoms with Crippen molar-refractivity contribution in [3.05, 3.63) is 12.4 Å². The van der Waals surface area contributed by atoms with Gasteiger partial charge in [-0.3, -0.25) is 0 Å². The maximum atomic E-state index is 11.8. The summed E-state index contributed by atoms with van der Waals surface area (Å²) in [5, 5.41) is 11.8. The fraction of sp³-hybridized carbons (Fsp3) is 0.875. The summed E-state index contributed by atoms with van der Waals surface area (Å²) in [6.45, 7) is 6.68. The predicted molar refractivity (Wildman–Crippen MR) is 116 cm³/mol. The van der Waals surface area contributed by atoms with Crippen molar-refractivity contribution < 1.29 is 14.4 Å². The highest BCUT2D eigenvalue weighted by molar-refractivity contribution is 5.55. The molecule has 0 spiro atoms. The van der Waals surface area contributed by atoms with Crippen molar-refractivity contribution in [2.75, 3.05) is 19.8 Å². The number of unbranched alkanes of at least 4 members (excludes halogenated alkanes) is 14. The van der Waals surface area contributed by atoms with Crippen LogP contribution in [-0.4, -0.2) is 35.2 Å². The molecule has 28 heavy (non-hydrogen) atoms. The first-order chi connectivity index (χ1) is 13.6. The molecule has 4 heteroatoms. The molecule has 0 aromatic heterocycles. The van der Waals surface area contributed by atoms with Crippen LogP contribution in [0.2, 0.25) is 0 Å². The summed E-state index contributed by atoms with van der Waals surface area (Å²) in [4.78, 5) is 14.0. The van der Waals surface area contributed by atoms with Crippen molar-refractivity contribution >= 4 is 6.09 Å². The molecule has 0 saturated carbocycles. The van der Waals surface area contributed by atoms with E-state index in [4.69, 9.17) is 0 Å². The molecule has 0 aliphatic carbocycles. The van der Waals surface area contributed by atoms with Crippen LogP contribution in [0.25, 0.3) is 0 Å². The first-order valence-corrected chi connectivity index (χ1v) is 12.2. The molecule has 1 aliphatic rings. The lowest BCUT2D eigenvalue weighted by molar-refractivity contribution is -0.830. The van der Waals surface area contributed by atoms with Gasteiger partial charge in [-0.15, -0.1) is 0 Å². The Balaban J connectivity index is 2.13. The predicted octanol–water partition coefficient (Wildman–Crippen LogP) is 6.17. The SMILES string of the molecule is CCCCCCCCCCCC[N+]1(C(=O)[O-])C=CN(CCCCCCCC)C1. The minimum absolute atomic E-state index is 0.00709. The molecular weight excluding hydrogens is 348 g/mol. The third-order valence-corrected chi connectivity index (χ3v) is 6.07. The van der Waals surface area contributed by atoms with Crippen LogP contribution in [0.4, 0.5) is 4.79 Å². The molecule has 0 aromatic carbocycles. The van der Waals surface area contributed by atoms with E-state index >= 15 is 0 Å². The van der Waals surface area contributed by atoms with Gasteiger partial charge < -0.3 is 14.8 Å². The summed E-state index contributed by atoms with van der Waals surface area (Å²) in [5.41, 5.74) is 0. The lowest BCUT2D eigenvalue weighted by atomic mass is 10.1. The van der Waals surface area contributed by atoms with Crippen LogP contribution in [0.3, 0.4) is 0 Å². The fourth-order valence-corrected chi connectivity index (χ4v) is 4.12. The maximum absolute atomic E-state index is 11.8. The van der Waals surface area contributed by atoms with Gasteiger partial charge in [0.15, 0.2) is 6.67 Å². The van der Waals surface area contributed by atoms with Gasteiger partial charge in [0.05, 0.1) is 12.7 Å². The van der Waals surface area contributed by atoms with Crippen molar-refractivity contribution in [3.8, 4) is 0 Å². The van der Waals surface area contributed by atoms with Crippen LogP contribution in [0.5, 0.6) is 0 Å². The molecule has 4 nitrogen and oxygen atoms in total. The number of carbonyl (C=O) groups is 1. The zero-order valence-electron chi connectivity index (χ0n) is 18.8. The van der Waals surface area contributed by atoms with E-state index in [1.165, 1.54) is 83.5 Å². The number of nitrogens with zero attached hydrogens (tertiary/aromatic N) is 2. The highest BCUT2D eigenvalue weighted by atomic mass is 16.4. The summed E-state index contributed by atoms with van der Waals surface area (Å²) in [6.07, 6.45) is 23.2. The standard InChI is InChI=1S/C24H46N2O2/c1-3-5-7-9-11-12-13-14-16-18-21-26(24(27)28)22-20-25(23-26)19-17-15-10-8-6-4-2/h20,22H,3-19,21,23H2,1-2H3. The van der Waals surface area contributed by atoms with Crippen molar-refractivity contribution in [2.24, 2.45) is 0 Å². The minimum Gasteiger partial charge on any atom is -0.498 e. The van der Waals surface area contributed by atoms with Crippen molar-refractivity contribution in [1.82, 2.24) is 4.90 Å². The third kappa shape index (κ3) is 10.5. The number of hydrogen-bond donors (Lipinski definition) is 0. The smallest absolute Gasteiger partial charge is 0.263 e. The molecule has 1 aliphatic heterocycles. The summed E-state index contributed by atoms with van der Waals surface area (Å²) >= 11 is 0. The van der Waals surface area contributed by atoms with Crippen LogP contribution in [0.15, 0.2) is 12.4 Å². The number of hydrogen-bond acceptors (Lipinski definition) is 3. The van der Waals surface area contributed by atoms with Crippen LogP contribution in [0, 0.1) is 0 Å². The van der Waals surface area contributed by atoms with E-state index in [-0.39, 0.29) is 4.48 Å². The second-order valence-corrected chi connectivity index (χ2v) is 8.73. The molecule has 1 amide bonds. The summed E-state index contributed by atoms with van der Waals surface area (Å²) < 4.78 is -0.00709. The van der Waals surface area contributed by atoms with Gasteiger partial charge in [0.1, 0.15) is 6.20 Å². The molecule has 1 rings (SSSR count). The van der Waals surface area contributed by atoms with Gasteiger partial charge in [0.25, 0.3) is 6.09 Å². The Labute approximate surface area is 174 Å². The van der Waals surface area contributed by atoms with Gasteiger partial charge in [-0.2, -0.15) is 0 Å². The topological polar surface area (TPSA) is 43.4 Å². The van der Waals surface area contributed by atoms with Gasteiger partial charge in [-0.25, -0.2) is 4.48 Å². The number of quaternary nitrogens is 1. The van der Waals surface area contributed by atoms with Gasteiger partial charge in [0, 0.05) is 6.54 Å². The Morgan fingerprint density at radius 1 is 0.786 bits per heavy atom. The van der Waals surface area contributed by atoms with E-state index in [2.05, 4.69) is 18.7 Å². The Bertz CT molecular complexity index is 425. The lowest BCUT2D eigenvalue weighted by Gasteiger charge is -2.32. The molecule has 0 fully saturated rings. The first kappa shape index (κ1) is 25.0. The van der Waals surface area contributed by atoms with E-state index in [1.807, 2.05) is 12.4 Å². The lowest BCUT2D eigenvalue weighted by Crippen LogP contribution is -2.56. The summed E-state index contributed by atoms with van der Waals surface area (Å²) in [7, 11) is 0. The van der Waals surface area contributed by atoms with Gasteiger partial charge >= 0.3 is 0 Å². The monoisotopic (exact) mass is 394 g/mol. The quantitative estimate of drug-likeness (QED) is 0.206. The van der Waals surface area contributed by atoms with E-state index < -0.39 is 6.09 Å². The van der Waals surface area contributed by atoms with Crippen molar-refractivity contribution in [3.63, 3.8) is 0 Å². The van der Waals surface area contributed by atoms with Gasteiger partial charge in [0.2, 0.25) is 0 Å². The average Bonchev–Trinajstić information content (AvgIpc) is 3.11. The second kappa shape index (κ2) is 15.8. The van der Waals surface area contributed by atoms with Crippen molar-refractivity contribution in [2.45, 2.75) is 117 Å². The minimum atomic E-state index is -0.947. The zero-order chi connectivity index (χ0) is 20.5. The van der Waals surface area contributed by atoms with Crippen molar-refractivity contribution in [1.29, 1.82) is 0 Å². The van der Waals surface area contributed by atoms with E-state index in [9.17, 15) is 9.90 Å². The van der Waals surface area contributed by atoms with Crippen LogP contribution in [-0.2, 0) is 0 Å². The largest absolute Gasteiger partial charge is 0.498 e. The van der Waals surface area contributed by atoms with Crippen LogP contribution < -0.4 is 5.11 Å². The molecule has 0 bridgehead atoms. The zero-order valence-corrected chi connectivity index (χ0v) is 18.8. The van der Waals surface area contributed by atoms with Crippen LogP contribution in [0.1, 0.15) is 117 Å². The van der Waals surface area contributed by atoms with E-state index in [0.29, 0.717) is 13.2 Å². The molecule has 164 valence electrons. The molecule has 0 saturated heterocycles. The highest BCUT2D eigenvalue weighted by Crippen LogP contribution is 2.21. The Hall–Kier alpha value is -1.03. The molecule has 1 unspecified atom stereocenters. The molecule has 0 aromatic rings. The average molecular weight is 395 g/mol. The Morgan fingerprint density at radius 3 is 1.75 bits per heavy atom. The molecule has 1 atom stereocenters. The molecular formula is C24H46N2O2. The third-order valence-electron chi connectivity index (χ3n) is 6.07. The number of amides is 1. The first-order valence-electron chi connectivity index (χ1n) is 12.2. The number of carbonyl (C=O) groups excluding carboxylic acids is 1. The van der Waals surface area contributed by atoms with E-state index in [1.54, 1.807) is 0 Å². The summed E-state index contributed by atoms with van der Waals surface area (Å²) in [6, 6.07) is 0. The van der Waals surface area contributed by atoms with Crippen LogP contribution >= 0.6 is 0 Å². The molecule has 0 N–H and O–H groups in total. The van der Waals surface area contributed by atoms with Gasteiger partial charge in [-0.05, 0) is 19.3 Å². The second-order valence-electron chi connectivity index (χ2n) is 8.73. The fourth-order valence-electron chi connectivity index (χ4n) is 4.12.